The van der Waals surface area contributed by atoms with Crippen molar-refractivity contribution in [3.05, 3.63) is 103 Å². The van der Waals surface area contributed by atoms with Crippen LogP contribution in [0.1, 0.15) is 21.8 Å². The molecule has 134 valence electrons. The number of benzene rings is 1. The average molecular weight is 358 g/mol. The van der Waals surface area contributed by atoms with Crippen molar-refractivity contribution in [2.24, 2.45) is 0 Å². The van der Waals surface area contributed by atoms with Gasteiger partial charge >= 0.3 is 0 Å². The van der Waals surface area contributed by atoms with Crippen molar-refractivity contribution < 1.29 is 9.21 Å². The van der Waals surface area contributed by atoms with Gasteiger partial charge in [0.25, 0.3) is 5.91 Å². The first-order chi connectivity index (χ1) is 13.3. The van der Waals surface area contributed by atoms with Gasteiger partial charge in [-0.25, -0.2) is 4.68 Å². The van der Waals surface area contributed by atoms with E-state index >= 15 is 0 Å². The molecular formula is C21H18N4O2. The third-order valence-corrected chi connectivity index (χ3v) is 4.18. The summed E-state index contributed by atoms with van der Waals surface area (Å²) in [6, 6.07) is 18.6. The number of carbonyl (C=O) groups is 1. The first-order valence-corrected chi connectivity index (χ1v) is 8.62. The molecule has 0 fully saturated rings. The van der Waals surface area contributed by atoms with E-state index in [0.717, 1.165) is 17.1 Å². The molecule has 0 unspecified atom stereocenters. The molecule has 4 rings (SSSR count). The van der Waals surface area contributed by atoms with Gasteiger partial charge in [-0.2, -0.15) is 5.10 Å². The molecule has 0 radical (unpaired) electrons. The molecule has 0 aliphatic rings. The Kier molecular flexibility index (Phi) is 4.78. The molecule has 0 saturated heterocycles. The van der Waals surface area contributed by atoms with E-state index in [0.29, 0.717) is 18.7 Å². The van der Waals surface area contributed by atoms with Crippen molar-refractivity contribution >= 4 is 5.91 Å². The lowest BCUT2D eigenvalue weighted by Gasteiger charge is -2.22. The maximum atomic E-state index is 13.4. The van der Waals surface area contributed by atoms with Gasteiger partial charge < -0.3 is 9.32 Å². The fourth-order valence-corrected chi connectivity index (χ4v) is 2.91. The Bertz CT molecular complexity index is 996. The number of aromatic nitrogens is 3. The van der Waals surface area contributed by atoms with Gasteiger partial charge in [-0.15, -0.1) is 0 Å². The van der Waals surface area contributed by atoms with Gasteiger partial charge in [0.15, 0.2) is 0 Å². The van der Waals surface area contributed by atoms with Crippen LogP contribution >= 0.6 is 0 Å². The predicted octanol–water partition coefficient (Wildman–Crippen LogP) is 3.70. The molecule has 1 aromatic carbocycles. The summed E-state index contributed by atoms with van der Waals surface area (Å²) in [5.41, 5.74) is 2.12. The highest BCUT2D eigenvalue weighted by Crippen LogP contribution is 2.19. The number of para-hydroxylation sites is 1. The summed E-state index contributed by atoms with van der Waals surface area (Å²) >= 11 is 0. The van der Waals surface area contributed by atoms with Gasteiger partial charge in [0.1, 0.15) is 5.76 Å². The Morgan fingerprint density at radius 2 is 1.85 bits per heavy atom. The molecule has 27 heavy (non-hydrogen) atoms. The van der Waals surface area contributed by atoms with E-state index < -0.39 is 0 Å². The SMILES string of the molecule is O=C(c1ccccc1-n1cccn1)N(Cc1ccccn1)Cc1ccco1. The molecule has 0 atom stereocenters. The van der Waals surface area contributed by atoms with Gasteiger partial charge in [0, 0.05) is 18.6 Å². The Morgan fingerprint density at radius 1 is 0.963 bits per heavy atom. The Labute approximate surface area is 156 Å². The minimum absolute atomic E-state index is 0.108. The Balaban J connectivity index is 1.68. The van der Waals surface area contributed by atoms with Crippen molar-refractivity contribution in [3.63, 3.8) is 0 Å². The van der Waals surface area contributed by atoms with Crippen LogP contribution < -0.4 is 0 Å². The Hall–Kier alpha value is -3.67. The Morgan fingerprint density at radius 3 is 2.59 bits per heavy atom. The summed E-state index contributed by atoms with van der Waals surface area (Å²) in [5, 5.41) is 4.26. The zero-order chi connectivity index (χ0) is 18.5. The molecule has 4 aromatic rings. The topological polar surface area (TPSA) is 64.2 Å². The second-order valence-electron chi connectivity index (χ2n) is 6.03. The fourth-order valence-electron chi connectivity index (χ4n) is 2.91. The third-order valence-electron chi connectivity index (χ3n) is 4.18. The van der Waals surface area contributed by atoms with Crippen molar-refractivity contribution in [1.29, 1.82) is 0 Å². The molecule has 3 heterocycles. The zero-order valence-electron chi connectivity index (χ0n) is 14.6. The molecule has 0 N–H and O–H groups in total. The lowest BCUT2D eigenvalue weighted by atomic mass is 10.1. The molecule has 0 bridgehead atoms. The van der Waals surface area contributed by atoms with Crippen molar-refractivity contribution in [2.75, 3.05) is 0 Å². The first kappa shape index (κ1) is 16.8. The summed E-state index contributed by atoms with van der Waals surface area (Å²) in [5.74, 6) is 0.610. The van der Waals surface area contributed by atoms with Gasteiger partial charge in [-0.3, -0.25) is 9.78 Å². The summed E-state index contributed by atoms with van der Waals surface area (Å²) in [6.45, 7) is 0.740. The average Bonchev–Trinajstić information content (AvgIpc) is 3.42. The van der Waals surface area contributed by atoms with Crippen LogP contribution in [0, 0.1) is 0 Å². The molecule has 6 heteroatoms. The minimum atomic E-state index is -0.108. The lowest BCUT2D eigenvalue weighted by Crippen LogP contribution is -2.31. The van der Waals surface area contributed by atoms with Crippen LogP contribution in [0.25, 0.3) is 5.69 Å². The van der Waals surface area contributed by atoms with Gasteiger partial charge in [0.2, 0.25) is 0 Å². The first-order valence-electron chi connectivity index (χ1n) is 8.62. The molecular weight excluding hydrogens is 340 g/mol. The lowest BCUT2D eigenvalue weighted by molar-refractivity contribution is 0.0715. The molecule has 3 aromatic heterocycles. The summed E-state index contributed by atoms with van der Waals surface area (Å²) < 4.78 is 7.15. The van der Waals surface area contributed by atoms with Gasteiger partial charge in [0.05, 0.1) is 36.3 Å². The maximum absolute atomic E-state index is 13.4. The largest absolute Gasteiger partial charge is 0.467 e. The molecule has 0 aliphatic carbocycles. The highest BCUT2D eigenvalue weighted by molar-refractivity contribution is 5.97. The quantitative estimate of drug-likeness (QED) is 0.527. The number of rotatable bonds is 6. The minimum Gasteiger partial charge on any atom is -0.467 e. The van der Waals surface area contributed by atoms with Gasteiger partial charge in [-0.1, -0.05) is 18.2 Å². The molecule has 0 aliphatic heterocycles. The summed E-state index contributed by atoms with van der Waals surface area (Å²) in [4.78, 5) is 19.5. The van der Waals surface area contributed by atoms with Crippen molar-refractivity contribution in [3.8, 4) is 5.69 Å². The standard InChI is InChI=1S/C21H18N4O2/c26-21(19-9-1-2-10-20(19)25-13-6-12-23-25)24(16-18-8-5-14-27-18)15-17-7-3-4-11-22-17/h1-14H,15-16H2. The second-order valence-corrected chi connectivity index (χ2v) is 6.03. The van der Waals surface area contributed by atoms with Crippen LogP contribution in [0.2, 0.25) is 0 Å². The van der Waals surface area contributed by atoms with E-state index in [1.54, 1.807) is 28.2 Å². The van der Waals surface area contributed by atoms with E-state index in [-0.39, 0.29) is 5.91 Å². The number of pyridine rings is 1. The summed E-state index contributed by atoms with van der Waals surface area (Å²) in [6.07, 6.45) is 6.84. The number of amides is 1. The van der Waals surface area contributed by atoms with Crippen LogP contribution in [0.4, 0.5) is 0 Å². The summed E-state index contributed by atoms with van der Waals surface area (Å²) in [7, 11) is 0. The fraction of sp³-hybridized carbons (Fsp3) is 0.0952. The van der Waals surface area contributed by atoms with E-state index in [2.05, 4.69) is 10.1 Å². The molecule has 0 saturated carbocycles. The van der Waals surface area contributed by atoms with Crippen LogP contribution in [0.15, 0.2) is 89.9 Å². The predicted molar refractivity (Wildman–Crippen MR) is 100 cm³/mol. The zero-order valence-corrected chi connectivity index (χ0v) is 14.6. The van der Waals surface area contributed by atoms with E-state index in [9.17, 15) is 4.79 Å². The number of hydrogen-bond donors (Lipinski definition) is 0. The van der Waals surface area contributed by atoms with Crippen LogP contribution in [0.3, 0.4) is 0 Å². The van der Waals surface area contributed by atoms with Crippen molar-refractivity contribution in [1.82, 2.24) is 19.7 Å². The molecule has 0 spiro atoms. The van der Waals surface area contributed by atoms with Crippen LogP contribution in [-0.2, 0) is 13.1 Å². The van der Waals surface area contributed by atoms with Crippen LogP contribution in [0.5, 0.6) is 0 Å². The number of hydrogen-bond acceptors (Lipinski definition) is 4. The smallest absolute Gasteiger partial charge is 0.256 e. The van der Waals surface area contributed by atoms with E-state index in [1.165, 1.54) is 0 Å². The number of furan rings is 1. The maximum Gasteiger partial charge on any atom is 0.256 e. The number of carbonyl (C=O) groups excluding carboxylic acids is 1. The highest BCUT2D eigenvalue weighted by atomic mass is 16.3. The van der Waals surface area contributed by atoms with E-state index in [4.69, 9.17) is 4.42 Å². The third kappa shape index (κ3) is 3.79. The number of nitrogens with zero attached hydrogens (tertiary/aromatic N) is 4. The molecule has 1 amide bonds. The highest BCUT2D eigenvalue weighted by Gasteiger charge is 2.21. The van der Waals surface area contributed by atoms with E-state index in [1.807, 2.05) is 66.9 Å². The van der Waals surface area contributed by atoms with Crippen molar-refractivity contribution in [2.45, 2.75) is 13.1 Å². The monoisotopic (exact) mass is 358 g/mol. The normalized spacial score (nSPS) is 10.7. The second kappa shape index (κ2) is 7.70. The van der Waals surface area contributed by atoms with Crippen LogP contribution in [-0.4, -0.2) is 25.6 Å². The molecule has 6 nitrogen and oxygen atoms in total. The van der Waals surface area contributed by atoms with Gasteiger partial charge in [-0.05, 0) is 42.5 Å².